The predicted octanol–water partition coefficient (Wildman–Crippen LogP) is 3.18. The molecule has 0 aliphatic carbocycles. The minimum Gasteiger partial charge on any atom is -0.473 e. The fraction of sp³-hybridized carbons (Fsp3) is 0.714. The van der Waals surface area contributed by atoms with E-state index in [4.69, 9.17) is 10.5 Å². The third kappa shape index (κ3) is 4.16. The van der Waals surface area contributed by atoms with Gasteiger partial charge in [-0.3, -0.25) is 0 Å². The van der Waals surface area contributed by atoms with E-state index in [-0.39, 0.29) is 10.9 Å². The van der Waals surface area contributed by atoms with Crippen molar-refractivity contribution in [1.29, 1.82) is 0 Å². The largest absolute Gasteiger partial charge is 0.473 e. The van der Waals surface area contributed by atoms with Crippen molar-refractivity contribution >= 4 is 23.3 Å². The van der Waals surface area contributed by atoms with Gasteiger partial charge in [-0.05, 0) is 32.9 Å². The quantitative estimate of drug-likeness (QED) is 0.768. The smallest absolute Gasteiger partial charge is 0.242 e. The fourth-order valence-corrected chi connectivity index (χ4v) is 2.74. The molecule has 0 aromatic carbocycles. The molecule has 0 spiro atoms. The molecule has 0 atom stereocenters. The summed E-state index contributed by atoms with van der Waals surface area (Å²) < 4.78 is 5.78. The summed E-state index contributed by atoms with van der Waals surface area (Å²) in [5.74, 6) is 1.09. The van der Waals surface area contributed by atoms with Crippen molar-refractivity contribution < 1.29 is 4.74 Å². The van der Waals surface area contributed by atoms with Crippen molar-refractivity contribution in [2.45, 2.75) is 51.4 Å². The second-order valence-electron chi connectivity index (χ2n) is 5.06. The number of nitrogens with zero attached hydrogens (tertiary/aromatic N) is 2. The molecule has 0 bridgehead atoms. The van der Waals surface area contributed by atoms with Gasteiger partial charge in [0, 0.05) is 11.3 Å². The van der Waals surface area contributed by atoms with Crippen LogP contribution >= 0.6 is 11.8 Å². The van der Waals surface area contributed by atoms with E-state index in [9.17, 15) is 0 Å². The Morgan fingerprint density at radius 1 is 1.35 bits per heavy atom. The van der Waals surface area contributed by atoms with Crippen LogP contribution in [0.25, 0.3) is 0 Å². The van der Waals surface area contributed by atoms with Crippen molar-refractivity contribution in [3.05, 3.63) is 6.33 Å². The molecule has 0 saturated heterocycles. The van der Waals surface area contributed by atoms with Gasteiger partial charge in [0.15, 0.2) is 5.82 Å². The molecular formula is C14H26N4OS. The molecule has 0 amide bonds. The number of rotatable bonds is 8. The average Bonchev–Trinajstić information content (AvgIpc) is 2.44. The lowest BCUT2D eigenvalue weighted by molar-refractivity contribution is 0.234. The lowest BCUT2D eigenvalue weighted by Gasteiger charge is -2.30. The number of hydrogen-bond acceptors (Lipinski definition) is 6. The second-order valence-corrected chi connectivity index (χ2v) is 6.33. The van der Waals surface area contributed by atoms with Gasteiger partial charge in [0.1, 0.15) is 12.0 Å². The van der Waals surface area contributed by atoms with Crippen molar-refractivity contribution in [2.75, 3.05) is 23.9 Å². The van der Waals surface area contributed by atoms with Crippen molar-refractivity contribution in [3.8, 4) is 5.88 Å². The number of anilines is 2. The summed E-state index contributed by atoms with van der Waals surface area (Å²) in [6.07, 6.45) is 5.85. The summed E-state index contributed by atoms with van der Waals surface area (Å²) in [5, 5.41) is 3.34. The maximum atomic E-state index is 6.07. The first-order chi connectivity index (χ1) is 9.48. The van der Waals surface area contributed by atoms with Crippen LogP contribution in [-0.4, -0.2) is 33.6 Å². The number of nitrogen functional groups attached to an aromatic ring is 1. The second kappa shape index (κ2) is 7.57. The first kappa shape index (κ1) is 16.9. The van der Waals surface area contributed by atoms with E-state index in [0.29, 0.717) is 17.4 Å². The first-order valence-corrected chi connectivity index (χ1v) is 8.26. The van der Waals surface area contributed by atoms with Gasteiger partial charge in [0.05, 0.1) is 6.10 Å². The molecule has 6 heteroatoms. The van der Waals surface area contributed by atoms with E-state index in [1.54, 1.807) is 0 Å². The minimum absolute atomic E-state index is 0.0385. The third-order valence-electron chi connectivity index (χ3n) is 3.49. The van der Waals surface area contributed by atoms with E-state index in [1.807, 2.05) is 25.6 Å². The van der Waals surface area contributed by atoms with Crippen molar-refractivity contribution in [3.63, 3.8) is 0 Å². The molecular weight excluding hydrogens is 272 g/mol. The highest BCUT2D eigenvalue weighted by molar-refractivity contribution is 8.00. The Balaban J connectivity index is 2.83. The molecule has 0 radical (unpaired) electrons. The van der Waals surface area contributed by atoms with E-state index >= 15 is 0 Å². The maximum absolute atomic E-state index is 6.07. The Bertz CT molecular complexity index is 413. The van der Waals surface area contributed by atoms with Crippen LogP contribution in [0.15, 0.2) is 6.33 Å². The van der Waals surface area contributed by atoms with Crippen LogP contribution in [0, 0.1) is 0 Å². The molecule has 20 heavy (non-hydrogen) atoms. The minimum atomic E-state index is 0.0385. The first-order valence-electron chi connectivity index (χ1n) is 7.04. The lowest BCUT2D eigenvalue weighted by Crippen LogP contribution is -2.32. The Morgan fingerprint density at radius 3 is 2.50 bits per heavy atom. The van der Waals surface area contributed by atoms with Gasteiger partial charge in [-0.1, -0.05) is 13.8 Å². The maximum Gasteiger partial charge on any atom is 0.242 e. The topological polar surface area (TPSA) is 73.1 Å². The van der Waals surface area contributed by atoms with Gasteiger partial charge >= 0.3 is 0 Å². The van der Waals surface area contributed by atoms with E-state index in [2.05, 4.69) is 35.4 Å². The molecule has 3 N–H and O–H groups in total. The van der Waals surface area contributed by atoms with Crippen LogP contribution in [0.2, 0.25) is 0 Å². The lowest BCUT2D eigenvalue weighted by atomic mass is 10.0. The van der Waals surface area contributed by atoms with Crippen LogP contribution in [0.4, 0.5) is 11.5 Å². The highest BCUT2D eigenvalue weighted by Crippen LogP contribution is 2.32. The van der Waals surface area contributed by atoms with Gasteiger partial charge in [-0.25, -0.2) is 4.98 Å². The monoisotopic (exact) mass is 298 g/mol. The van der Waals surface area contributed by atoms with E-state index in [0.717, 1.165) is 19.4 Å². The third-order valence-corrected chi connectivity index (χ3v) is 5.08. The molecule has 114 valence electrons. The summed E-state index contributed by atoms with van der Waals surface area (Å²) in [6, 6.07) is 0. The Kier molecular flexibility index (Phi) is 6.39. The molecule has 1 aromatic heterocycles. The Morgan fingerprint density at radius 2 is 2.00 bits per heavy atom. The van der Waals surface area contributed by atoms with Gasteiger partial charge in [-0.15, -0.1) is 0 Å². The standard InChI is InChI=1S/C14H26N4OS/c1-6-14(7-2,20-5)8-16-12-11(15)13(18-9-17-12)19-10(3)4/h9-10H,6-8,15H2,1-5H3,(H,16,17,18). The molecule has 0 unspecified atom stereocenters. The van der Waals surface area contributed by atoms with Gasteiger partial charge in [-0.2, -0.15) is 16.7 Å². The fourth-order valence-electron chi connectivity index (χ4n) is 1.94. The summed E-state index contributed by atoms with van der Waals surface area (Å²) in [7, 11) is 0. The van der Waals surface area contributed by atoms with Crippen LogP contribution in [0.1, 0.15) is 40.5 Å². The predicted molar refractivity (Wildman–Crippen MR) is 87.5 cm³/mol. The summed E-state index contributed by atoms with van der Waals surface area (Å²) in [5.41, 5.74) is 6.54. The molecule has 1 heterocycles. The molecule has 1 aromatic rings. The number of nitrogens with one attached hydrogen (secondary N) is 1. The highest BCUT2D eigenvalue weighted by atomic mass is 32.2. The molecule has 0 aliphatic heterocycles. The van der Waals surface area contributed by atoms with Crippen LogP contribution < -0.4 is 15.8 Å². The zero-order chi connectivity index (χ0) is 15.2. The molecule has 0 saturated carbocycles. The normalized spacial score (nSPS) is 11.7. The summed E-state index contributed by atoms with van der Waals surface area (Å²) >= 11 is 1.88. The Hall–Kier alpha value is -1.17. The number of ether oxygens (including phenoxy) is 1. The number of nitrogens with two attached hydrogens (primary N) is 1. The zero-order valence-corrected chi connectivity index (χ0v) is 13.9. The van der Waals surface area contributed by atoms with Crippen LogP contribution in [0.5, 0.6) is 5.88 Å². The summed E-state index contributed by atoms with van der Waals surface area (Å²) in [6.45, 7) is 9.13. The SMILES string of the molecule is CCC(CC)(CNc1ncnc(OC(C)C)c1N)SC. The number of hydrogen-bond donors (Lipinski definition) is 2. The molecule has 0 aliphatic rings. The van der Waals surface area contributed by atoms with Crippen LogP contribution in [0.3, 0.4) is 0 Å². The van der Waals surface area contributed by atoms with Crippen molar-refractivity contribution in [1.82, 2.24) is 9.97 Å². The highest BCUT2D eigenvalue weighted by Gasteiger charge is 2.25. The molecule has 1 rings (SSSR count). The zero-order valence-electron chi connectivity index (χ0n) is 13.1. The molecule has 0 fully saturated rings. The molecule has 5 nitrogen and oxygen atoms in total. The van der Waals surface area contributed by atoms with E-state index in [1.165, 1.54) is 6.33 Å². The number of aromatic nitrogens is 2. The van der Waals surface area contributed by atoms with Gasteiger partial charge in [0.2, 0.25) is 5.88 Å². The summed E-state index contributed by atoms with van der Waals surface area (Å²) in [4.78, 5) is 8.30. The van der Waals surface area contributed by atoms with Gasteiger partial charge < -0.3 is 15.8 Å². The van der Waals surface area contributed by atoms with Crippen molar-refractivity contribution in [2.24, 2.45) is 0 Å². The number of thioether (sulfide) groups is 1. The Labute approximate surface area is 126 Å². The average molecular weight is 298 g/mol. The van der Waals surface area contributed by atoms with E-state index < -0.39 is 0 Å². The van der Waals surface area contributed by atoms with Crippen LogP contribution in [-0.2, 0) is 0 Å². The van der Waals surface area contributed by atoms with Gasteiger partial charge in [0.25, 0.3) is 0 Å².